The summed E-state index contributed by atoms with van der Waals surface area (Å²) in [6.07, 6.45) is 3.18. The van der Waals surface area contributed by atoms with Gasteiger partial charge in [-0.2, -0.15) is 0 Å². The first-order valence-electron chi connectivity index (χ1n) is 6.34. The van der Waals surface area contributed by atoms with E-state index in [0.29, 0.717) is 10.7 Å². The van der Waals surface area contributed by atoms with Gasteiger partial charge in [-0.05, 0) is 42.3 Å². The van der Waals surface area contributed by atoms with Crippen molar-refractivity contribution in [3.8, 4) is 5.75 Å². The number of hydrogen-bond donors (Lipinski definition) is 3. The molecular weight excluding hydrogens is 288 g/mol. The van der Waals surface area contributed by atoms with Crippen LogP contribution in [0.2, 0.25) is 5.02 Å². The number of rotatable bonds is 3. The Labute approximate surface area is 128 Å². The molecule has 0 heterocycles. The average molecular weight is 303 g/mol. The van der Waals surface area contributed by atoms with Crippen LogP contribution in [0.15, 0.2) is 48.7 Å². The highest BCUT2D eigenvalue weighted by atomic mass is 35.5. The van der Waals surface area contributed by atoms with Gasteiger partial charge in [0.1, 0.15) is 5.75 Å². The Morgan fingerprint density at radius 3 is 2.71 bits per heavy atom. The zero-order valence-electron chi connectivity index (χ0n) is 11.4. The molecule has 0 spiro atoms. The molecule has 5 heteroatoms. The number of amides is 2. The van der Waals surface area contributed by atoms with Crippen molar-refractivity contribution in [3.05, 3.63) is 64.8 Å². The molecule has 0 saturated heterocycles. The lowest BCUT2D eigenvalue weighted by atomic mass is 10.2. The zero-order valence-corrected chi connectivity index (χ0v) is 12.2. The molecule has 0 fully saturated rings. The van der Waals surface area contributed by atoms with Crippen molar-refractivity contribution in [2.24, 2.45) is 0 Å². The first-order valence-corrected chi connectivity index (χ1v) is 6.72. The van der Waals surface area contributed by atoms with Crippen LogP contribution in [-0.4, -0.2) is 11.1 Å². The molecule has 0 bridgehead atoms. The van der Waals surface area contributed by atoms with E-state index in [1.54, 1.807) is 30.3 Å². The number of carbonyl (C=O) groups is 1. The van der Waals surface area contributed by atoms with Gasteiger partial charge in [-0.15, -0.1) is 0 Å². The van der Waals surface area contributed by atoms with Crippen molar-refractivity contribution in [1.82, 2.24) is 5.32 Å². The van der Waals surface area contributed by atoms with Crippen LogP contribution in [0.25, 0.3) is 6.08 Å². The summed E-state index contributed by atoms with van der Waals surface area (Å²) >= 11 is 5.99. The summed E-state index contributed by atoms with van der Waals surface area (Å²) in [5.41, 5.74) is 2.07. The van der Waals surface area contributed by atoms with Gasteiger partial charge in [0, 0.05) is 11.2 Å². The molecule has 0 aromatic heterocycles. The quantitative estimate of drug-likeness (QED) is 0.746. The fourth-order valence-electron chi connectivity index (χ4n) is 1.72. The maximum Gasteiger partial charge on any atom is 0.323 e. The monoisotopic (exact) mass is 302 g/mol. The second kappa shape index (κ2) is 6.81. The lowest BCUT2D eigenvalue weighted by molar-refractivity contribution is 0.255. The molecule has 0 aliphatic carbocycles. The molecule has 0 aliphatic heterocycles. The average Bonchev–Trinajstić information content (AvgIpc) is 2.44. The van der Waals surface area contributed by atoms with Crippen LogP contribution >= 0.6 is 11.6 Å². The van der Waals surface area contributed by atoms with E-state index in [-0.39, 0.29) is 5.75 Å². The molecule has 4 nitrogen and oxygen atoms in total. The van der Waals surface area contributed by atoms with Gasteiger partial charge in [0.2, 0.25) is 0 Å². The van der Waals surface area contributed by atoms with Crippen LogP contribution in [0.1, 0.15) is 11.1 Å². The predicted octanol–water partition coefficient (Wildman–Crippen LogP) is 4.15. The van der Waals surface area contributed by atoms with E-state index < -0.39 is 6.03 Å². The minimum atomic E-state index is -0.447. The van der Waals surface area contributed by atoms with E-state index in [9.17, 15) is 9.90 Å². The number of carbonyl (C=O) groups excluding carboxylic acids is 1. The van der Waals surface area contributed by atoms with Crippen LogP contribution in [0.3, 0.4) is 0 Å². The van der Waals surface area contributed by atoms with Crippen LogP contribution in [0.4, 0.5) is 10.5 Å². The second-order valence-electron chi connectivity index (χ2n) is 4.47. The van der Waals surface area contributed by atoms with Gasteiger partial charge >= 0.3 is 6.03 Å². The normalized spacial score (nSPS) is 10.6. The first-order chi connectivity index (χ1) is 10.1. The molecule has 0 atom stereocenters. The highest BCUT2D eigenvalue weighted by Gasteiger charge is 2.04. The second-order valence-corrected chi connectivity index (χ2v) is 4.88. The smallest absolute Gasteiger partial charge is 0.323 e. The van der Waals surface area contributed by atoms with Crippen molar-refractivity contribution < 1.29 is 9.90 Å². The van der Waals surface area contributed by atoms with Crippen molar-refractivity contribution in [3.63, 3.8) is 0 Å². The topological polar surface area (TPSA) is 61.4 Å². The SMILES string of the molecule is Cc1ccc(NC(=O)N/C=C/c2ccccc2Cl)c(O)c1. The molecule has 2 aromatic carbocycles. The van der Waals surface area contributed by atoms with Gasteiger partial charge in [-0.3, -0.25) is 0 Å². The molecule has 0 saturated carbocycles. The van der Waals surface area contributed by atoms with Crippen molar-refractivity contribution in [2.75, 3.05) is 5.32 Å². The molecule has 2 aromatic rings. The van der Waals surface area contributed by atoms with E-state index in [2.05, 4.69) is 10.6 Å². The Kier molecular flexibility index (Phi) is 4.85. The van der Waals surface area contributed by atoms with E-state index in [4.69, 9.17) is 11.6 Å². The largest absolute Gasteiger partial charge is 0.506 e. The maximum absolute atomic E-state index is 11.7. The standard InChI is InChI=1S/C16H15ClN2O2/c1-11-6-7-14(15(20)10-11)19-16(21)18-9-8-12-4-2-3-5-13(12)17/h2-10,20H,1H3,(H2,18,19,21)/b9-8+. The van der Waals surface area contributed by atoms with E-state index in [0.717, 1.165) is 11.1 Å². The van der Waals surface area contributed by atoms with Gasteiger partial charge in [0.15, 0.2) is 0 Å². The molecular formula is C16H15ClN2O2. The van der Waals surface area contributed by atoms with E-state index in [1.807, 2.05) is 25.1 Å². The minimum absolute atomic E-state index is 0.0280. The predicted molar refractivity (Wildman–Crippen MR) is 85.5 cm³/mol. The van der Waals surface area contributed by atoms with E-state index in [1.165, 1.54) is 6.20 Å². The summed E-state index contributed by atoms with van der Waals surface area (Å²) < 4.78 is 0. The number of urea groups is 1. The number of aromatic hydroxyl groups is 1. The summed E-state index contributed by atoms with van der Waals surface area (Å²) in [5, 5.41) is 15.4. The van der Waals surface area contributed by atoms with Gasteiger partial charge < -0.3 is 15.7 Å². The maximum atomic E-state index is 11.7. The Hall–Kier alpha value is -2.46. The third-order valence-electron chi connectivity index (χ3n) is 2.78. The molecule has 0 unspecified atom stereocenters. The number of nitrogens with one attached hydrogen (secondary N) is 2. The molecule has 0 aliphatic rings. The van der Waals surface area contributed by atoms with Gasteiger partial charge in [0.25, 0.3) is 0 Å². The number of phenolic OH excluding ortho intramolecular Hbond substituents is 1. The number of halogens is 1. The fraction of sp³-hybridized carbons (Fsp3) is 0.0625. The van der Waals surface area contributed by atoms with E-state index >= 15 is 0 Å². The fourth-order valence-corrected chi connectivity index (χ4v) is 1.92. The number of hydrogen-bond acceptors (Lipinski definition) is 2. The lowest BCUT2D eigenvalue weighted by Crippen LogP contribution is -2.23. The summed E-state index contributed by atoms with van der Waals surface area (Å²) in [5.74, 6) is 0.0280. The third-order valence-corrected chi connectivity index (χ3v) is 3.13. The van der Waals surface area contributed by atoms with Crippen molar-refractivity contribution >= 4 is 29.4 Å². The molecule has 3 N–H and O–H groups in total. The van der Waals surface area contributed by atoms with Gasteiger partial charge in [-0.1, -0.05) is 35.9 Å². The Balaban J connectivity index is 1.95. The first kappa shape index (κ1) is 14.9. The van der Waals surface area contributed by atoms with Gasteiger partial charge in [-0.25, -0.2) is 4.79 Å². The van der Waals surface area contributed by atoms with Crippen LogP contribution in [0.5, 0.6) is 5.75 Å². The lowest BCUT2D eigenvalue weighted by Gasteiger charge is -2.07. The summed E-state index contributed by atoms with van der Waals surface area (Å²) in [4.78, 5) is 11.7. The minimum Gasteiger partial charge on any atom is -0.506 e. The van der Waals surface area contributed by atoms with Crippen LogP contribution < -0.4 is 10.6 Å². The summed E-state index contributed by atoms with van der Waals surface area (Å²) in [6, 6.07) is 11.9. The van der Waals surface area contributed by atoms with Gasteiger partial charge in [0.05, 0.1) is 5.69 Å². The Morgan fingerprint density at radius 1 is 1.24 bits per heavy atom. The third kappa shape index (κ3) is 4.26. The number of aryl methyl sites for hydroxylation is 1. The zero-order chi connectivity index (χ0) is 15.2. The number of benzene rings is 2. The highest BCUT2D eigenvalue weighted by Crippen LogP contribution is 2.23. The van der Waals surface area contributed by atoms with Crippen LogP contribution in [-0.2, 0) is 0 Å². The Morgan fingerprint density at radius 2 is 2.00 bits per heavy atom. The molecule has 108 valence electrons. The van der Waals surface area contributed by atoms with Crippen LogP contribution in [0, 0.1) is 6.92 Å². The summed E-state index contributed by atoms with van der Waals surface area (Å²) in [7, 11) is 0. The summed E-state index contributed by atoms with van der Waals surface area (Å²) in [6.45, 7) is 1.86. The number of anilines is 1. The van der Waals surface area contributed by atoms with Crippen molar-refractivity contribution in [1.29, 1.82) is 0 Å². The number of phenols is 1. The molecule has 0 radical (unpaired) electrons. The molecule has 2 amide bonds. The van der Waals surface area contributed by atoms with Crippen molar-refractivity contribution in [2.45, 2.75) is 6.92 Å². The highest BCUT2D eigenvalue weighted by molar-refractivity contribution is 6.32. The molecule has 21 heavy (non-hydrogen) atoms. The molecule has 2 rings (SSSR count). The Bertz CT molecular complexity index is 684.